The maximum absolute atomic E-state index is 12.4. The van der Waals surface area contributed by atoms with E-state index in [0.29, 0.717) is 6.54 Å². The van der Waals surface area contributed by atoms with E-state index in [1.165, 1.54) is 0 Å². The average Bonchev–Trinajstić information content (AvgIpc) is 2.53. The molecular formula is C14H19BrN2O2. The number of hydrogen-bond donors (Lipinski definition) is 2. The fraction of sp³-hybridized carbons (Fsp3) is 0.500. The molecule has 2 unspecified atom stereocenters. The topological polar surface area (TPSA) is 52.6 Å². The molecule has 5 heteroatoms. The molecule has 1 heterocycles. The van der Waals surface area contributed by atoms with Crippen molar-refractivity contribution in [2.45, 2.75) is 32.4 Å². The minimum atomic E-state index is -0.516. The maximum Gasteiger partial charge on any atom is 0.246 e. The van der Waals surface area contributed by atoms with Gasteiger partial charge in [0.15, 0.2) is 0 Å². The number of benzene rings is 1. The van der Waals surface area contributed by atoms with E-state index in [0.717, 1.165) is 22.1 Å². The molecule has 0 bridgehead atoms. The van der Waals surface area contributed by atoms with E-state index in [9.17, 15) is 9.90 Å². The molecule has 0 saturated carbocycles. The molecule has 4 nitrogen and oxygen atoms in total. The third-order valence-electron chi connectivity index (χ3n) is 3.49. The molecule has 1 aliphatic rings. The summed E-state index contributed by atoms with van der Waals surface area (Å²) in [5.74, 6) is -0.0670. The lowest BCUT2D eigenvalue weighted by Gasteiger charge is -2.24. The number of nitrogens with zero attached hydrogens (tertiary/aromatic N) is 1. The fourth-order valence-corrected chi connectivity index (χ4v) is 2.62. The first kappa shape index (κ1) is 14.5. The van der Waals surface area contributed by atoms with E-state index in [1.807, 2.05) is 32.0 Å². The third kappa shape index (κ3) is 3.16. The second-order valence-corrected chi connectivity index (χ2v) is 5.87. The summed E-state index contributed by atoms with van der Waals surface area (Å²) in [5, 5.41) is 12.5. The SMILES string of the molecule is Cc1ccc(N2CCC(C)NC(CO)C2=O)cc1Br. The minimum Gasteiger partial charge on any atom is -0.394 e. The molecule has 1 amide bonds. The quantitative estimate of drug-likeness (QED) is 0.871. The van der Waals surface area contributed by atoms with Gasteiger partial charge in [-0.2, -0.15) is 0 Å². The Morgan fingerprint density at radius 2 is 2.26 bits per heavy atom. The number of aryl methyl sites for hydroxylation is 1. The van der Waals surface area contributed by atoms with Crippen molar-refractivity contribution in [2.75, 3.05) is 18.1 Å². The van der Waals surface area contributed by atoms with Gasteiger partial charge in [0, 0.05) is 22.7 Å². The van der Waals surface area contributed by atoms with Gasteiger partial charge in [0.05, 0.1) is 6.61 Å². The Balaban J connectivity index is 2.30. The molecule has 19 heavy (non-hydrogen) atoms. The molecule has 2 atom stereocenters. The van der Waals surface area contributed by atoms with E-state index >= 15 is 0 Å². The minimum absolute atomic E-state index is 0.0670. The Morgan fingerprint density at radius 3 is 2.89 bits per heavy atom. The number of rotatable bonds is 2. The number of halogens is 1. The summed E-state index contributed by atoms with van der Waals surface area (Å²) in [6, 6.07) is 5.60. The summed E-state index contributed by atoms with van der Waals surface area (Å²) >= 11 is 3.49. The summed E-state index contributed by atoms with van der Waals surface area (Å²) in [6.45, 7) is 4.54. The van der Waals surface area contributed by atoms with Crippen molar-refractivity contribution in [1.82, 2.24) is 5.32 Å². The van der Waals surface area contributed by atoms with Crippen molar-refractivity contribution < 1.29 is 9.90 Å². The van der Waals surface area contributed by atoms with Gasteiger partial charge < -0.3 is 15.3 Å². The highest BCUT2D eigenvalue weighted by Gasteiger charge is 2.29. The summed E-state index contributed by atoms with van der Waals surface area (Å²) in [4.78, 5) is 14.2. The highest BCUT2D eigenvalue weighted by Crippen LogP contribution is 2.25. The molecule has 1 fully saturated rings. The molecule has 0 spiro atoms. The third-order valence-corrected chi connectivity index (χ3v) is 4.34. The first-order valence-electron chi connectivity index (χ1n) is 6.47. The predicted octanol–water partition coefficient (Wildman–Crippen LogP) is 1.83. The van der Waals surface area contributed by atoms with Gasteiger partial charge >= 0.3 is 0 Å². The second-order valence-electron chi connectivity index (χ2n) is 5.01. The Bertz CT molecular complexity index is 479. The van der Waals surface area contributed by atoms with Crippen LogP contribution in [0.5, 0.6) is 0 Å². The average molecular weight is 327 g/mol. The number of aliphatic hydroxyl groups is 1. The highest BCUT2D eigenvalue weighted by atomic mass is 79.9. The summed E-state index contributed by atoms with van der Waals surface area (Å²) in [5.41, 5.74) is 2.01. The summed E-state index contributed by atoms with van der Waals surface area (Å²) in [6.07, 6.45) is 0.869. The van der Waals surface area contributed by atoms with Crippen LogP contribution in [0.3, 0.4) is 0 Å². The monoisotopic (exact) mass is 326 g/mol. The van der Waals surface area contributed by atoms with Crippen molar-refractivity contribution in [2.24, 2.45) is 0 Å². The van der Waals surface area contributed by atoms with E-state index in [4.69, 9.17) is 0 Å². The number of carbonyl (C=O) groups excluding carboxylic acids is 1. The lowest BCUT2D eigenvalue weighted by atomic mass is 10.2. The fourth-order valence-electron chi connectivity index (χ4n) is 2.26. The zero-order valence-electron chi connectivity index (χ0n) is 11.2. The molecule has 1 saturated heterocycles. The van der Waals surface area contributed by atoms with E-state index in [-0.39, 0.29) is 18.6 Å². The van der Waals surface area contributed by atoms with Crippen LogP contribution in [0.15, 0.2) is 22.7 Å². The van der Waals surface area contributed by atoms with Crippen LogP contribution in [-0.4, -0.2) is 36.2 Å². The van der Waals surface area contributed by atoms with Gasteiger partial charge in [-0.15, -0.1) is 0 Å². The molecule has 1 aromatic rings. The van der Waals surface area contributed by atoms with E-state index < -0.39 is 6.04 Å². The molecular weight excluding hydrogens is 308 g/mol. The van der Waals surface area contributed by atoms with Gasteiger partial charge in [0.2, 0.25) is 5.91 Å². The Labute approximate surface area is 121 Å². The largest absolute Gasteiger partial charge is 0.394 e. The van der Waals surface area contributed by atoms with Gasteiger partial charge in [-0.3, -0.25) is 4.79 Å². The summed E-state index contributed by atoms with van der Waals surface area (Å²) < 4.78 is 0.989. The van der Waals surface area contributed by atoms with Gasteiger partial charge in [-0.1, -0.05) is 22.0 Å². The van der Waals surface area contributed by atoms with Crippen molar-refractivity contribution >= 4 is 27.5 Å². The molecule has 104 valence electrons. The van der Waals surface area contributed by atoms with Crippen LogP contribution < -0.4 is 10.2 Å². The number of anilines is 1. The Morgan fingerprint density at radius 1 is 1.53 bits per heavy atom. The lowest BCUT2D eigenvalue weighted by Crippen LogP contribution is -2.47. The van der Waals surface area contributed by atoms with Gasteiger partial charge in [0.1, 0.15) is 6.04 Å². The molecule has 1 aliphatic heterocycles. The van der Waals surface area contributed by atoms with E-state index in [2.05, 4.69) is 21.2 Å². The van der Waals surface area contributed by atoms with Crippen molar-refractivity contribution in [3.63, 3.8) is 0 Å². The maximum atomic E-state index is 12.4. The molecule has 0 radical (unpaired) electrons. The molecule has 0 aliphatic carbocycles. The lowest BCUT2D eigenvalue weighted by molar-refractivity contribution is -0.121. The van der Waals surface area contributed by atoms with Gasteiger partial charge in [-0.25, -0.2) is 0 Å². The number of nitrogens with one attached hydrogen (secondary N) is 1. The van der Waals surface area contributed by atoms with Crippen molar-refractivity contribution in [1.29, 1.82) is 0 Å². The van der Waals surface area contributed by atoms with Crippen LogP contribution in [-0.2, 0) is 4.79 Å². The highest BCUT2D eigenvalue weighted by molar-refractivity contribution is 9.10. The van der Waals surface area contributed by atoms with Crippen LogP contribution in [0.1, 0.15) is 18.9 Å². The number of aliphatic hydroxyl groups excluding tert-OH is 1. The van der Waals surface area contributed by atoms with Crippen LogP contribution in [0.2, 0.25) is 0 Å². The van der Waals surface area contributed by atoms with E-state index in [1.54, 1.807) is 4.90 Å². The smallest absolute Gasteiger partial charge is 0.246 e. The number of amides is 1. The normalized spacial score (nSPS) is 24.4. The number of carbonyl (C=O) groups is 1. The standard InChI is InChI=1S/C14H19BrN2O2/c1-9-3-4-11(7-12(9)15)17-6-5-10(2)16-13(8-18)14(17)19/h3-4,7,10,13,16,18H,5-6,8H2,1-2H3. The van der Waals surface area contributed by atoms with Crippen LogP contribution in [0.25, 0.3) is 0 Å². The van der Waals surface area contributed by atoms with Crippen LogP contribution in [0.4, 0.5) is 5.69 Å². The molecule has 1 aromatic carbocycles. The van der Waals surface area contributed by atoms with Crippen LogP contribution >= 0.6 is 15.9 Å². The second kappa shape index (κ2) is 6.03. The Hall–Kier alpha value is -0.910. The zero-order valence-corrected chi connectivity index (χ0v) is 12.8. The molecule has 2 rings (SSSR count). The molecule has 2 N–H and O–H groups in total. The van der Waals surface area contributed by atoms with Crippen molar-refractivity contribution in [3.05, 3.63) is 28.2 Å². The van der Waals surface area contributed by atoms with Crippen LogP contribution in [0, 0.1) is 6.92 Å². The first-order chi connectivity index (χ1) is 9.02. The predicted molar refractivity (Wildman–Crippen MR) is 79.3 cm³/mol. The molecule has 0 aromatic heterocycles. The van der Waals surface area contributed by atoms with Gasteiger partial charge in [0.25, 0.3) is 0 Å². The van der Waals surface area contributed by atoms with Gasteiger partial charge in [-0.05, 0) is 38.0 Å². The first-order valence-corrected chi connectivity index (χ1v) is 7.26. The zero-order chi connectivity index (χ0) is 14.0. The van der Waals surface area contributed by atoms with Crippen molar-refractivity contribution in [3.8, 4) is 0 Å². The Kier molecular flexibility index (Phi) is 4.60. The number of hydrogen-bond acceptors (Lipinski definition) is 3. The summed E-state index contributed by atoms with van der Waals surface area (Å²) in [7, 11) is 0.